The maximum absolute atomic E-state index is 10.9. The van der Waals surface area contributed by atoms with Crippen LogP contribution in [0.1, 0.15) is 96.8 Å². The highest BCUT2D eigenvalue weighted by atomic mass is 16.4. The lowest BCUT2D eigenvalue weighted by atomic mass is 10.0. The van der Waals surface area contributed by atoms with Gasteiger partial charge in [-0.1, -0.05) is 84.0 Å². The highest BCUT2D eigenvalue weighted by Gasteiger charge is 2.00. The summed E-state index contributed by atoms with van der Waals surface area (Å²) in [6.45, 7) is 2.26. The fourth-order valence-corrected chi connectivity index (χ4v) is 3.16. The minimum absolute atomic E-state index is 0.277. The predicted molar refractivity (Wildman–Crippen MR) is 115 cm³/mol. The van der Waals surface area contributed by atoms with E-state index >= 15 is 0 Å². The van der Waals surface area contributed by atoms with Gasteiger partial charge in [-0.25, -0.2) is 9.78 Å². The van der Waals surface area contributed by atoms with E-state index in [1.54, 1.807) is 0 Å². The van der Waals surface area contributed by atoms with Gasteiger partial charge in [0.25, 0.3) is 5.56 Å². The molecule has 4 N–H and O–H groups in total. The van der Waals surface area contributed by atoms with Crippen molar-refractivity contribution in [1.29, 1.82) is 0 Å². The Balaban J connectivity index is 0.000000321. The lowest BCUT2D eigenvalue weighted by Crippen LogP contribution is -2.21. The van der Waals surface area contributed by atoms with E-state index in [2.05, 4.69) is 26.9 Å². The molecule has 2 rings (SSSR count). The number of carboxylic acids is 1. The van der Waals surface area contributed by atoms with Crippen molar-refractivity contribution in [3.63, 3.8) is 0 Å². The first-order valence-electron chi connectivity index (χ1n) is 10.9. The van der Waals surface area contributed by atoms with E-state index in [-0.39, 0.29) is 11.2 Å². The average Bonchev–Trinajstić information content (AvgIpc) is 3.14. The molecule has 0 spiro atoms. The molecule has 29 heavy (non-hydrogen) atoms. The SMILES string of the molecule is CCCCCCCCCCCCCCCC(=O)O.O=c1[nH]c(=O)c2[nH]cnc2[nH]1. The number of hydrogen-bond donors (Lipinski definition) is 4. The minimum atomic E-state index is -0.655. The van der Waals surface area contributed by atoms with Gasteiger partial charge in [-0.05, 0) is 6.42 Å². The Morgan fingerprint density at radius 1 is 0.862 bits per heavy atom. The normalized spacial score (nSPS) is 10.7. The molecule has 2 aromatic heterocycles. The van der Waals surface area contributed by atoms with Crippen molar-refractivity contribution in [1.82, 2.24) is 19.9 Å². The molecule has 0 aliphatic heterocycles. The van der Waals surface area contributed by atoms with Gasteiger partial charge in [0, 0.05) is 6.42 Å². The van der Waals surface area contributed by atoms with Gasteiger partial charge in [0.2, 0.25) is 0 Å². The third-order valence-corrected chi connectivity index (χ3v) is 4.82. The number of aromatic amines is 3. The molecule has 0 saturated heterocycles. The number of H-pyrrole nitrogens is 3. The van der Waals surface area contributed by atoms with Crippen LogP contribution < -0.4 is 11.2 Å². The number of aromatic nitrogens is 4. The molecule has 0 atom stereocenters. The molecule has 0 unspecified atom stereocenters. The van der Waals surface area contributed by atoms with Crippen LogP contribution in [0.5, 0.6) is 0 Å². The van der Waals surface area contributed by atoms with E-state index in [0.717, 1.165) is 12.8 Å². The number of nitrogens with one attached hydrogen (secondary N) is 3. The summed E-state index contributed by atoms with van der Waals surface area (Å²) in [5.74, 6) is -0.655. The molecular formula is C21H36N4O4. The zero-order chi connectivity index (χ0) is 21.3. The van der Waals surface area contributed by atoms with Crippen LogP contribution in [0.4, 0.5) is 0 Å². The predicted octanol–water partition coefficient (Wildman–Crippen LogP) is 4.49. The molecule has 164 valence electrons. The Morgan fingerprint density at radius 2 is 1.38 bits per heavy atom. The third-order valence-electron chi connectivity index (χ3n) is 4.82. The summed E-state index contributed by atoms with van der Waals surface area (Å²) in [5.41, 5.74) is -0.445. The van der Waals surface area contributed by atoms with Crippen molar-refractivity contribution >= 4 is 17.1 Å². The highest BCUT2D eigenvalue weighted by molar-refractivity contribution is 5.67. The second-order valence-corrected chi connectivity index (χ2v) is 7.42. The number of carboxylic acid groups (broad SMARTS) is 1. The highest BCUT2D eigenvalue weighted by Crippen LogP contribution is 2.12. The zero-order valence-electron chi connectivity index (χ0n) is 17.6. The molecule has 0 amide bonds. The van der Waals surface area contributed by atoms with Gasteiger partial charge in [-0.15, -0.1) is 0 Å². The molecule has 0 bridgehead atoms. The van der Waals surface area contributed by atoms with Gasteiger partial charge in [-0.3, -0.25) is 19.6 Å². The molecule has 0 fully saturated rings. The summed E-state index contributed by atoms with van der Waals surface area (Å²) in [4.78, 5) is 42.6. The molecule has 0 radical (unpaired) electrons. The van der Waals surface area contributed by atoms with E-state index in [9.17, 15) is 14.4 Å². The molecule has 8 heteroatoms. The maximum atomic E-state index is 10.9. The van der Waals surface area contributed by atoms with Gasteiger partial charge >= 0.3 is 11.7 Å². The first kappa shape index (κ1) is 24.7. The summed E-state index contributed by atoms with van der Waals surface area (Å²) < 4.78 is 0. The van der Waals surface area contributed by atoms with Gasteiger partial charge in [0.15, 0.2) is 5.65 Å². The van der Waals surface area contributed by atoms with E-state index < -0.39 is 17.2 Å². The molecule has 0 aliphatic carbocycles. The van der Waals surface area contributed by atoms with Crippen LogP contribution >= 0.6 is 0 Å². The van der Waals surface area contributed by atoms with Crippen molar-refractivity contribution in [2.75, 3.05) is 0 Å². The zero-order valence-corrected chi connectivity index (χ0v) is 17.6. The Labute approximate surface area is 171 Å². The van der Waals surface area contributed by atoms with Crippen LogP contribution in [0.15, 0.2) is 15.9 Å². The number of carbonyl (C=O) groups is 1. The number of imidazole rings is 1. The number of rotatable bonds is 14. The van der Waals surface area contributed by atoms with Crippen molar-refractivity contribution < 1.29 is 9.90 Å². The number of unbranched alkanes of at least 4 members (excludes halogenated alkanes) is 12. The molecule has 2 aromatic rings. The fraction of sp³-hybridized carbons (Fsp3) is 0.714. The molecule has 0 saturated carbocycles. The largest absolute Gasteiger partial charge is 0.481 e. The van der Waals surface area contributed by atoms with Gasteiger partial charge < -0.3 is 10.1 Å². The summed E-state index contributed by atoms with van der Waals surface area (Å²) in [6, 6.07) is 0. The molecular weight excluding hydrogens is 372 g/mol. The number of aliphatic carboxylic acids is 1. The summed E-state index contributed by atoms with van der Waals surface area (Å²) >= 11 is 0. The van der Waals surface area contributed by atoms with Crippen LogP contribution in [-0.4, -0.2) is 31.0 Å². The molecule has 2 heterocycles. The van der Waals surface area contributed by atoms with Crippen LogP contribution in [0.3, 0.4) is 0 Å². The Bertz CT molecular complexity index is 794. The standard InChI is InChI=1S/C16H32O2.C5H4N4O2/c1-2-3-4-5-6-7-8-9-10-11-12-13-14-15-16(17)18;10-4-2-3(7-1-6-2)8-5(11)9-4/h2-15H2,1H3,(H,17,18);1H,(H3,6,7,8,9,10,11). The summed E-state index contributed by atoms with van der Waals surface area (Å²) in [7, 11) is 0. The van der Waals surface area contributed by atoms with Crippen molar-refractivity contribution in [2.24, 2.45) is 0 Å². The Kier molecular flexibility index (Phi) is 13.2. The molecule has 0 aliphatic rings. The first-order valence-corrected chi connectivity index (χ1v) is 10.9. The second kappa shape index (κ2) is 15.5. The van der Waals surface area contributed by atoms with Crippen molar-refractivity contribution in [3.05, 3.63) is 27.2 Å². The van der Waals surface area contributed by atoms with Gasteiger partial charge in [0.1, 0.15) is 5.52 Å². The fourth-order valence-electron chi connectivity index (χ4n) is 3.16. The average molecular weight is 409 g/mol. The van der Waals surface area contributed by atoms with E-state index in [1.165, 1.54) is 77.0 Å². The summed E-state index contributed by atoms with van der Waals surface area (Å²) in [5, 5.41) is 8.49. The van der Waals surface area contributed by atoms with Crippen LogP contribution in [0.2, 0.25) is 0 Å². The van der Waals surface area contributed by atoms with E-state index in [4.69, 9.17) is 5.11 Å². The smallest absolute Gasteiger partial charge is 0.327 e. The second-order valence-electron chi connectivity index (χ2n) is 7.42. The van der Waals surface area contributed by atoms with Crippen molar-refractivity contribution in [3.8, 4) is 0 Å². The van der Waals surface area contributed by atoms with Crippen LogP contribution in [-0.2, 0) is 4.79 Å². The molecule has 8 nitrogen and oxygen atoms in total. The Hall–Kier alpha value is -2.38. The van der Waals surface area contributed by atoms with E-state index in [1.807, 2.05) is 0 Å². The molecule has 0 aromatic carbocycles. The minimum Gasteiger partial charge on any atom is -0.481 e. The van der Waals surface area contributed by atoms with Crippen molar-refractivity contribution in [2.45, 2.75) is 96.8 Å². The summed E-state index contributed by atoms with van der Waals surface area (Å²) in [6.07, 6.45) is 18.6. The monoisotopic (exact) mass is 408 g/mol. The van der Waals surface area contributed by atoms with Crippen LogP contribution in [0, 0.1) is 0 Å². The number of fused-ring (bicyclic) bond motifs is 1. The quantitative estimate of drug-likeness (QED) is 0.342. The lowest BCUT2D eigenvalue weighted by molar-refractivity contribution is -0.137. The topological polar surface area (TPSA) is 132 Å². The van der Waals surface area contributed by atoms with Gasteiger partial charge in [-0.2, -0.15) is 0 Å². The third kappa shape index (κ3) is 11.9. The Morgan fingerprint density at radius 3 is 1.90 bits per heavy atom. The maximum Gasteiger partial charge on any atom is 0.327 e. The van der Waals surface area contributed by atoms with Crippen LogP contribution in [0.25, 0.3) is 11.2 Å². The van der Waals surface area contributed by atoms with E-state index in [0.29, 0.717) is 6.42 Å². The lowest BCUT2D eigenvalue weighted by Gasteiger charge is -2.02. The first-order chi connectivity index (χ1) is 14.0. The van der Waals surface area contributed by atoms with Gasteiger partial charge in [0.05, 0.1) is 6.33 Å². The number of hydrogen-bond acceptors (Lipinski definition) is 4. The number of nitrogens with zero attached hydrogens (tertiary/aromatic N) is 1.